The number of nitrogens with zero attached hydrogens (tertiary/aromatic N) is 9. The molecule has 0 aliphatic carbocycles. The molecule has 148 valence electrons. The van der Waals surface area contributed by atoms with Gasteiger partial charge in [0, 0.05) is 26.2 Å². The van der Waals surface area contributed by atoms with Crippen molar-refractivity contribution in [1.29, 1.82) is 5.26 Å². The first kappa shape index (κ1) is 18.8. The third-order valence-electron chi connectivity index (χ3n) is 5.26. The van der Waals surface area contributed by atoms with Crippen LogP contribution in [0.1, 0.15) is 30.7 Å². The van der Waals surface area contributed by atoms with E-state index >= 15 is 0 Å². The van der Waals surface area contributed by atoms with Crippen molar-refractivity contribution in [2.75, 3.05) is 36.0 Å². The molecule has 4 rings (SSSR count). The van der Waals surface area contributed by atoms with Crippen molar-refractivity contribution in [2.45, 2.75) is 26.7 Å². The number of benzene rings is 1. The Hall–Kier alpha value is -3.54. The predicted molar refractivity (Wildman–Crippen MR) is 109 cm³/mol. The van der Waals surface area contributed by atoms with E-state index in [2.05, 4.69) is 48.5 Å². The Morgan fingerprint density at radius 3 is 2.31 bits per heavy atom. The SMILES string of the molecule is CCc1nnc(N2CCN(c3nnnn3-c3ccccc3)CC2)c(C#N)c1CC. The molecule has 0 bridgehead atoms. The topological polar surface area (TPSA) is 99.7 Å². The van der Waals surface area contributed by atoms with Gasteiger partial charge in [-0.1, -0.05) is 37.1 Å². The van der Waals surface area contributed by atoms with E-state index in [1.807, 2.05) is 37.3 Å². The number of rotatable bonds is 5. The molecule has 0 unspecified atom stereocenters. The van der Waals surface area contributed by atoms with E-state index in [1.165, 1.54) is 0 Å². The van der Waals surface area contributed by atoms with Gasteiger partial charge in [-0.3, -0.25) is 0 Å². The molecule has 0 N–H and O–H groups in total. The molecule has 1 fully saturated rings. The van der Waals surface area contributed by atoms with E-state index in [9.17, 15) is 5.26 Å². The molecule has 9 heteroatoms. The van der Waals surface area contributed by atoms with Crippen LogP contribution in [0, 0.1) is 11.3 Å². The summed E-state index contributed by atoms with van der Waals surface area (Å²) in [7, 11) is 0. The zero-order valence-electron chi connectivity index (χ0n) is 16.7. The zero-order valence-corrected chi connectivity index (χ0v) is 16.7. The number of aromatic nitrogens is 6. The van der Waals surface area contributed by atoms with Crippen LogP contribution in [0.4, 0.5) is 11.8 Å². The first-order valence-electron chi connectivity index (χ1n) is 9.89. The molecule has 0 atom stereocenters. The number of piperazine rings is 1. The van der Waals surface area contributed by atoms with Gasteiger partial charge in [0.2, 0.25) is 5.95 Å². The van der Waals surface area contributed by atoms with Crippen molar-refractivity contribution < 1.29 is 0 Å². The van der Waals surface area contributed by atoms with Crippen LogP contribution in [0.15, 0.2) is 30.3 Å². The Balaban J connectivity index is 1.55. The van der Waals surface area contributed by atoms with Gasteiger partial charge in [0.05, 0.1) is 11.4 Å². The summed E-state index contributed by atoms with van der Waals surface area (Å²) in [5.74, 6) is 1.40. The molecule has 3 heterocycles. The lowest BCUT2D eigenvalue weighted by Gasteiger charge is -2.35. The number of hydrogen-bond acceptors (Lipinski definition) is 8. The summed E-state index contributed by atoms with van der Waals surface area (Å²) in [5, 5.41) is 30.8. The fourth-order valence-corrected chi connectivity index (χ4v) is 3.74. The van der Waals surface area contributed by atoms with Crippen LogP contribution in [0.25, 0.3) is 5.69 Å². The van der Waals surface area contributed by atoms with Crippen LogP contribution in [-0.2, 0) is 12.8 Å². The summed E-state index contributed by atoms with van der Waals surface area (Å²) < 4.78 is 1.75. The average Bonchev–Trinajstić information content (AvgIpc) is 3.28. The van der Waals surface area contributed by atoms with E-state index in [4.69, 9.17) is 0 Å². The molecule has 0 amide bonds. The molecule has 9 nitrogen and oxygen atoms in total. The van der Waals surface area contributed by atoms with Crippen LogP contribution < -0.4 is 9.80 Å². The summed E-state index contributed by atoms with van der Waals surface area (Å²) >= 11 is 0. The normalized spacial score (nSPS) is 14.1. The Morgan fingerprint density at radius 1 is 0.931 bits per heavy atom. The van der Waals surface area contributed by atoms with E-state index < -0.39 is 0 Å². The van der Waals surface area contributed by atoms with Gasteiger partial charge < -0.3 is 9.80 Å². The average molecular weight is 389 g/mol. The standard InChI is InChI=1S/C20H23N9/c1-3-16-17(14-21)19(23-22-18(16)4-2)27-10-12-28(13-11-27)20-24-25-26-29(20)15-8-6-5-7-9-15/h5-9H,3-4,10-13H2,1-2H3. The van der Waals surface area contributed by atoms with Gasteiger partial charge in [-0.25, -0.2) is 0 Å². The molecule has 0 saturated carbocycles. The second-order valence-electron chi connectivity index (χ2n) is 6.84. The smallest absolute Gasteiger partial charge is 0.250 e. The fraction of sp³-hybridized carbons (Fsp3) is 0.400. The largest absolute Gasteiger partial charge is 0.350 e. The van der Waals surface area contributed by atoms with Crippen molar-refractivity contribution in [3.05, 3.63) is 47.2 Å². The molecular weight excluding hydrogens is 366 g/mol. The van der Waals surface area contributed by atoms with E-state index in [0.717, 1.165) is 61.9 Å². The van der Waals surface area contributed by atoms with Crippen molar-refractivity contribution >= 4 is 11.8 Å². The van der Waals surface area contributed by atoms with Gasteiger partial charge in [-0.2, -0.15) is 15.0 Å². The predicted octanol–water partition coefficient (Wildman–Crippen LogP) is 1.78. The maximum Gasteiger partial charge on any atom is 0.250 e. The quantitative estimate of drug-likeness (QED) is 0.651. The van der Waals surface area contributed by atoms with Crippen LogP contribution in [0.5, 0.6) is 0 Å². The molecule has 3 aromatic rings. The second-order valence-corrected chi connectivity index (χ2v) is 6.84. The minimum atomic E-state index is 0.655. The third kappa shape index (κ3) is 3.49. The first-order valence-corrected chi connectivity index (χ1v) is 9.89. The van der Waals surface area contributed by atoms with Crippen molar-refractivity contribution in [3.8, 4) is 11.8 Å². The van der Waals surface area contributed by atoms with Gasteiger partial charge in [0.1, 0.15) is 11.6 Å². The highest BCUT2D eigenvalue weighted by molar-refractivity contribution is 5.59. The Kier molecular flexibility index (Phi) is 5.33. The molecule has 29 heavy (non-hydrogen) atoms. The van der Waals surface area contributed by atoms with Crippen LogP contribution in [-0.4, -0.2) is 56.6 Å². The number of tetrazole rings is 1. The van der Waals surface area contributed by atoms with E-state index in [0.29, 0.717) is 11.4 Å². The van der Waals surface area contributed by atoms with Gasteiger partial charge in [-0.05, 0) is 41.0 Å². The highest BCUT2D eigenvalue weighted by Gasteiger charge is 2.26. The van der Waals surface area contributed by atoms with Gasteiger partial charge in [0.25, 0.3) is 0 Å². The number of para-hydroxylation sites is 1. The molecule has 0 spiro atoms. The molecule has 1 aliphatic rings. The van der Waals surface area contributed by atoms with Crippen molar-refractivity contribution in [1.82, 2.24) is 30.4 Å². The molecule has 1 aliphatic heterocycles. The van der Waals surface area contributed by atoms with Crippen molar-refractivity contribution in [3.63, 3.8) is 0 Å². The summed E-state index contributed by atoms with van der Waals surface area (Å²) in [5.41, 5.74) is 3.50. The lowest BCUT2D eigenvalue weighted by atomic mass is 10.0. The van der Waals surface area contributed by atoms with Crippen LogP contribution in [0.2, 0.25) is 0 Å². The minimum Gasteiger partial charge on any atom is -0.350 e. The van der Waals surface area contributed by atoms with E-state index in [-0.39, 0.29) is 0 Å². The Bertz CT molecular complexity index is 1010. The number of hydrogen-bond donors (Lipinski definition) is 0. The number of nitriles is 1. The van der Waals surface area contributed by atoms with Gasteiger partial charge in [-0.15, -0.1) is 5.10 Å². The molecule has 2 aromatic heterocycles. The monoisotopic (exact) mass is 389 g/mol. The summed E-state index contributed by atoms with van der Waals surface area (Å²) in [6, 6.07) is 12.2. The summed E-state index contributed by atoms with van der Waals surface area (Å²) in [4.78, 5) is 4.29. The third-order valence-corrected chi connectivity index (χ3v) is 5.26. The maximum absolute atomic E-state index is 9.76. The highest BCUT2D eigenvalue weighted by atomic mass is 15.6. The highest BCUT2D eigenvalue weighted by Crippen LogP contribution is 2.25. The molecule has 1 aromatic carbocycles. The van der Waals surface area contributed by atoms with Gasteiger partial charge >= 0.3 is 0 Å². The zero-order chi connectivity index (χ0) is 20.2. The second kappa shape index (κ2) is 8.22. The maximum atomic E-state index is 9.76. The summed E-state index contributed by atoms with van der Waals surface area (Å²) in [6.45, 7) is 7.01. The molecular formula is C20H23N9. The lowest BCUT2D eigenvalue weighted by molar-refractivity contribution is 0.621. The molecule has 1 saturated heterocycles. The van der Waals surface area contributed by atoms with E-state index in [1.54, 1.807) is 4.68 Å². The summed E-state index contributed by atoms with van der Waals surface area (Å²) in [6.07, 6.45) is 1.56. The fourth-order valence-electron chi connectivity index (χ4n) is 3.74. The van der Waals surface area contributed by atoms with Crippen LogP contribution in [0.3, 0.4) is 0 Å². The van der Waals surface area contributed by atoms with Crippen molar-refractivity contribution in [2.24, 2.45) is 0 Å². The Labute approximate surface area is 169 Å². The first-order chi connectivity index (χ1) is 14.3. The van der Waals surface area contributed by atoms with Crippen LogP contribution >= 0.6 is 0 Å². The molecule has 0 radical (unpaired) electrons. The minimum absolute atomic E-state index is 0.655. The number of anilines is 2. The Morgan fingerprint density at radius 2 is 1.66 bits per heavy atom. The van der Waals surface area contributed by atoms with Gasteiger partial charge in [0.15, 0.2) is 5.82 Å². The number of aryl methyl sites for hydroxylation is 1. The lowest BCUT2D eigenvalue weighted by Crippen LogP contribution is -2.48.